The largest absolute Gasteiger partial charge is 0.464 e. The van der Waals surface area contributed by atoms with Crippen molar-refractivity contribution in [2.24, 2.45) is 0 Å². The van der Waals surface area contributed by atoms with Gasteiger partial charge in [0.1, 0.15) is 5.58 Å². The average Bonchev–Trinajstić information content (AvgIpc) is 2.65. The van der Waals surface area contributed by atoms with E-state index in [0.29, 0.717) is 28.1 Å². The Morgan fingerprint density at radius 3 is 2.50 bits per heavy atom. The maximum atomic E-state index is 12.7. The van der Waals surface area contributed by atoms with Crippen molar-refractivity contribution >= 4 is 39.9 Å². The zero-order chi connectivity index (χ0) is 18.1. The van der Waals surface area contributed by atoms with Crippen molar-refractivity contribution in [1.82, 2.24) is 4.90 Å². The van der Waals surface area contributed by atoms with Crippen LogP contribution in [0.25, 0.3) is 11.0 Å². The third-order valence-corrected chi connectivity index (χ3v) is 5.22. The van der Waals surface area contributed by atoms with Crippen LogP contribution in [0.15, 0.2) is 57.9 Å². The van der Waals surface area contributed by atoms with E-state index in [0.717, 1.165) is 36.9 Å². The van der Waals surface area contributed by atoms with Crippen LogP contribution in [-0.2, 0) is 6.54 Å². The Kier molecular flexibility index (Phi) is 4.90. The molecule has 0 unspecified atom stereocenters. The van der Waals surface area contributed by atoms with Crippen molar-refractivity contribution in [3.05, 3.63) is 74.6 Å². The average molecular weight is 389 g/mol. The van der Waals surface area contributed by atoms with E-state index in [-0.39, 0.29) is 5.43 Å². The van der Waals surface area contributed by atoms with Crippen molar-refractivity contribution in [3.63, 3.8) is 0 Å². The van der Waals surface area contributed by atoms with Crippen LogP contribution in [0.2, 0.25) is 10.0 Å². The SMILES string of the molecule is O=c1c(CN2CCN(c3cccc(Cl)c3)CC2)coc2ccc(Cl)cc12. The summed E-state index contributed by atoms with van der Waals surface area (Å²) in [4.78, 5) is 17.3. The lowest BCUT2D eigenvalue weighted by molar-refractivity contribution is 0.247. The number of benzene rings is 2. The molecule has 26 heavy (non-hydrogen) atoms. The summed E-state index contributed by atoms with van der Waals surface area (Å²) in [6.07, 6.45) is 1.57. The summed E-state index contributed by atoms with van der Waals surface area (Å²) in [6.45, 7) is 4.11. The van der Waals surface area contributed by atoms with Gasteiger partial charge in [-0.15, -0.1) is 0 Å². The van der Waals surface area contributed by atoms with Crippen molar-refractivity contribution < 1.29 is 4.42 Å². The molecule has 0 saturated carbocycles. The van der Waals surface area contributed by atoms with E-state index < -0.39 is 0 Å². The molecule has 1 fully saturated rings. The van der Waals surface area contributed by atoms with Crippen LogP contribution in [0, 0.1) is 0 Å². The number of piperazine rings is 1. The highest BCUT2D eigenvalue weighted by Crippen LogP contribution is 2.22. The highest BCUT2D eigenvalue weighted by molar-refractivity contribution is 6.31. The number of halogens is 2. The van der Waals surface area contributed by atoms with Gasteiger partial charge in [0.25, 0.3) is 0 Å². The van der Waals surface area contributed by atoms with Crippen molar-refractivity contribution in [2.75, 3.05) is 31.1 Å². The molecule has 1 saturated heterocycles. The first-order valence-electron chi connectivity index (χ1n) is 8.53. The Hall–Kier alpha value is -2.01. The van der Waals surface area contributed by atoms with Crippen molar-refractivity contribution in [1.29, 1.82) is 0 Å². The molecule has 4 nitrogen and oxygen atoms in total. The number of fused-ring (bicyclic) bond motifs is 1. The molecule has 0 aliphatic carbocycles. The summed E-state index contributed by atoms with van der Waals surface area (Å²) in [5, 5.41) is 1.82. The van der Waals surface area contributed by atoms with E-state index in [1.165, 1.54) is 0 Å². The van der Waals surface area contributed by atoms with Gasteiger partial charge >= 0.3 is 0 Å². The minimum Gasteiger partial charge on any atom is -0.464 e. The third-order valence-electron chi connectivity index (χ3n) is 4.75. The van der Waals surface area contributed by atoms with Gasteiger partial charge in [-0.25, -0.2) is 0 Å². The van der Waals surface area contributed by atoms with Crippen LogP contribution < -0.4 is 10.3 Å². The smallest absolute Gasteiger partial charge is 0.197 e. The Bertz CT molecular complexity index is 995. The highest BCUT2D eigenvalue weighted by atomic mass is 35.5. The third kappa shape index (κ3) is 3.58. The van der Waals surface area contributed by atoms with E-state index in [2.05, 4.69) is 15.9 Å². The first-order valence-corrected chi connectivity index (χ1v) is 9.28. The fourth-order valence-electron chi connectivity index (χ4n) is 3.33. The van der Waals surface area contributed by atoms with E-state index in [1.807, 2.05) is 18.2 Å². The van der Waals surface area contributed by atoms with Crippen LogP contribution in [0.5, 0.6) is 0 Å². The fourth-order valence-corrected chi connectivity index (χ4v) is 3.69. The van der Waals surface area contributed by atoms with Gasteiger partial charge in [-0.1, -0.05) is 29.3 Å². The number of rotatable bonds is 3. The first-order chi connectivity index (χ1) is 12.6. The first kappa shape index (κ1) is 17.4. The molecule has 1 aliphatic rings. The van der Waals surface area contributed by atoms with E-state index in [1.54, 1.807) is 24.5 Å². The molecule has 3 aromatic rings. The minimum absolute atomic E-state index is 0.00831. The lowest BCUT2D eigenvalue weighted by atomic mass is 10.1. The Morgan fingerprint density at radius 1 is 0.962 bits per heavy atom. The molecule has 4 rings (SSSR count). The van der Waals surface area contributed by atoms with Crippen LogP contribution in [0.3, 0.4) is 0 Å². The minimum atomic E-state index is -0.00831. The molecule has 1 aliphatic heterocycles. The molecule has 0 N–H and O–H groups in total. The summed E-state index contributed by atoms with van der Waals surface area (Å²) in [5.74, 6) is 0. The summed E-state index contributed by atoms with van der Waals surface area (Å²) >= 11 is 12.1. The second-order valence-corrected chi connectivity index (χ2v) is 7.35. The predicted molar refractivity (Wildman–Crippen MR) is 106 cm³/mol. The summed E-state index contributed by atoms with van der Waals surface area (Å²) in [7, 11) is 0. The van der Waals surface area contributed by atoms with E-state index in [9.17, 15) is 4.79 Å². The summed E-state index contributed by atoms with van der Waals surface area (Å²) in [6, 6.07) is 13.0. The number of nitrogens with zero attached hydrogens (tertiary/aromatic N) is 2. The van der Waals surface area contributed by atoms with Crippen molar-refractivity contribution in [3.8, 4) is 0 Å². The van der Waals surface area contributed by atoms with Gasteiger partial charge in [-0.05, 0) is 36.4 Å². The molecule has 6 heteroatoms. The monoisotopic (exact) mass is 388 g/mol. The molecule has 134 valence electrons. The molecule has 0 amide bonds. The van der Waals surface area contributed by atoms with Gasteiger partial charge in [-0.3, -0.25) is 9.69 Å². The second-order valence-electron chi connectivity index (χ2n) is 6.47. The highest BCUT2D eigenvalue weighted by Gasteiger charge is 2.19. The maximum absolute atomic E-state index is 12.7. The van der Waals surface area contributed by atoms with Gasteiger partial charge in [0.05, 0.1) is 11.6 Å². The van der Waals surface area contributed by atoms with Crippen LogP contribution in [-0.4, -0.2) is 31.1 Å². The molecule has 0 bridgehead atoms. The Balaban J connectivity index is 1.47. The Morgan fingerprint density at radius 2 is 1.73 bits per heavy atom. The molecule has 2 aromatic carbocycles. The fraction of sp³-hybridized carbons (Fsp3) is 0.250. The quantitative estimate of drug-likeness (QED) is 0.665. The summed E-state index contributed by atoms with van der Waals surface area (Å²) < 4.78 is 5.61. The van der Waals surface area contributed by atoms with Crippen LogP contribution in [0.1, 0.15) is 5.56 Å². The van der Waals surface area contributed by atoms with Crippen molar-refractivity contribution in [2.45, 2.75) is 6.54 Å². The number of anilines is 1. The maximum Gasteiger partial charge on any atom is 0.197 e. The lowest BCUT2D eigenvalue weighted by Gasteiger charge is -2.36. The number of hydrogen-bond acceptors (Lipinski definition) is 4. The van der Waals surface area contributed by atoms with Crippen LogP contribution >= 0.6 is 23.2 Å². The van der Waals surface area contributed by atoms with E-state index >= 15 is 0 Å². The zero-order valence-corrected chi connectivity index (χ0v) is 15.6. The summed E-state index contributed by atoms with van der Waals surface area (Å²) in [5.41, 5.74) is 2.35. The molecule has 0 spiro atoms. The molecule has 0 atom stereocenters. The van der Waals surface area contributed by atoms with Gasteiger partial charge in [0.2, 0.25) is 0 Å². The Labute approximate surface area is 161 Å². The predicted octanol–water partition coefficient (Wildman–Crippen LogP) is 4.42. The standard InChI is InChI=1S/C20H18Cl2N2O2/c21-15-2-1-3-17(10-15)24-8-6-23(7-9-24)12-14-13-26-19-5-4-16(22)11-18(19)20(14)25/h1-5,10-11,13H,6-9,12H2. The molecule has 1 aromatic heterocycles. The normalized spacial score (nSPS) is 15.5. The van der Waals surface area contributed by atoms with Gasteiger partial charge in [0.15, 0.2) is 5.43 Å². The molecular weight excluding hydrogens is 371 g/mol. The lowest BCUT2D eigenvalue weighted by Crippen LogP contribution is -2.46. The topological polar surface area (TPSA) is 36.7 Å². The molecular formula is C20H18Cl2N2O2. The molecule has 0 radical (unpaired) electrons. The van der Waals surface area contributed by atoms with E-state index in [4.69, 9.17) is 27.6 Å². The van der Waals surface area contributed by atoms with Gasteiger partial charge < -0.3 is 9.32 Å². The van der Waals surface area contributed by atoms with Gasteiger partial charge in [0, 0.05) is 54.0 Å². The number of hydrogen-bond donors (Lipinski definition) is 0. The second kappa shape index (κ2) is 7.31. The van der Waals surface area contributed by atoms with Gasteiger partial charge in [-0.2, -0.15) is 0 Å². The molecule has 2 heterocycles. The van der Waals surface area contributed by atoms with Crippen LogP contribution in [0.4, 0.5) is 5.69 Å². The zero-order valence-electron chi connectivity index (χ0n) is 14.1.